The maximum Gasteiger partial charge on any atom is 0.341 e. The second-order valence-corrected chi connectivity index (χ2v) is 4.67. The van der Waals surface area contributed by atoms with Crippen molar-refractivity contribution in [2.24, 2.45) is 10.2 Å². The predicted molar refractivity (Wildman–Crippen MR) is 85.5 cm³/mol. The van der Waals surface area contributed by atoms with Gasteiger partial charge in [0.1, 0.15) is 36.6 Å². The summed E-state index contributed by atoms with van der Waals surface area (Å²) in [6.45, 7) is 0. The summed E-state index contributed by atoms with van der Waals surface area (Å²) in [5.41, 5.74) is 0.819. The molecule has 1 aromatic carbocycles. The first-order valence-electron chi connectivity index (χ1n) is 6.90. The Bertz CT molecular complexity index is 916. The fourth-order valence-corrected chi connectivity index (χ4v) is 1.89. The maximum atomic E-state index is 11.9. The molecular formula is C14H12N8O3. The van der Waals surface area contributed by atoms with Crippen molar-refractivity contribution in [1.29, 1.82) is 0 Å². The topological polar surface area (TPSA) is 133 Å². The molecule has 3 aromatic rings. The molecule has 3 rings (SSSR count). The smallest absolute Gasteiger partial charge is 0.341 e. The van der Waals surface area contributed by atoms with Crippen LogP contribution >= 0.6 is 0 Å². The summed E-state index contributed by atoms with van der Waals surface area (Å²) in [6.07, 6.45) is 8.42. The molecule has 0 radical (unpaired) electrons. The van der Waals surface area contributed by atoms with Crippen LogP contribution in [0.3, 0.4) is 0 Å². The zero-order chi connectivity index (χ0) is 17.6. The van der Waals surface area contributed by atoms with Gasteiger partial charge in [0.25, 0.3) is 0 Å². The van der Waals surface area contributed by atoms with E-state index in [9.17, 15) is 9.90 Å². The summed E-state index contributed by atoms with van der Waals surface area (Å²) in [6, 6.07) is 3.05. The number of ether oxygens (including phenoxy) is 1. The Morgan fingerprint density at radius 3 is 2.16 bits per heavy atom. The highest BCUT2D eigenvalue weighted by Crippen LogP contribution is 2.24. The molecule has 0 aliphatic heterocycles. The average Bonchev–Trinajstić information content (AvgIpc) is 3.32. The Balaban J connectivity index is 2.00. The monoisotopic (exact) mass is 340 g/mol. The molecule has 11 heteroatoms. The molecule has 25 heavy (non-hydrogen) atoms. The summed E-state index contributed by atoms with van der Waals surface area (Å²) in [5, 5.41) is 33.0. The van der Waals surface area contributed by atoms with Crippen LogP contribution < -0.4 is 0 Å². The average molecular weight is 340 g/mol. The number of esters is 1. The molecule has 0 unspecified atom stereocenters. The van der Waals surface area contributed by atoms with Crippen molar-refractivity contribution in [3.8, 4) is 5.75 Å². The van der Waals surface area contributed by atoms with E-state index in [1.807, 2.05) is 0 Å². The summed E-state index contributed by atoms with van der Waals surface area (Å²) in [7, 11) is 1.23. The summed E-state index contributed by atoms with van der Waals surface area (Å²) in [4.78, 5) is 11.9. The van der Waals surface area contributed by atoms with Gasteiger partial charge in [-0.05, 0) is 17.7 Å². The number of carbonyl (C=O) groups is 1. The molecule has 126 valence electrons. The predicted octanol–water partition coefficient (Wildman–Crippen LogP) is 0.126. The van der Waals surface area contributed by atoms with Gasteiger partial charge in [0.2, 0.25) is 0 Å². The van der Waals surface area contributed by atoms with E-state index in [0.717, 1.165) is 0 Å². The lowest BCUT2D eigenvalue weighted by Crippen LogP contribution is -2.05. The molecule has 0 spiro atoms. The van der Waals surface area contributed by atoms with Gasteiger partial charge in [-0.25, -0.2) is 14.1 Å². The number of aromatic hydroxyl groups is 1. The van der Waals surface area contributed by atoms with E-state index in [1.54, 1.807) is 6.07 Å². The number of aromatic nitrogens is 6. The number of phenols is 1. The minimum Gasteiger partial charge on any atom is -0.506 e. The Hall–Kier alpha value is -3.89. The molecular weight excluding hydrogens is 328 g/mol. The highest BCUT2D eigenvalue weighted by molar-refractivity contribution is 5.99. The van der Waals surface area contributed by atoms with Crippen LogP contribution in [0, 0.1) is 0 Å². The summed E-state index contributed by atoms with van der Waals surface area (Å²) in [5.74, 6) is -0.943. The van der Waals surface area contributed by atoms with E-state index < -0.39 is 5.97 Å². The number of methoxy groups -OCH3 is 1. The summed E-state index contributed by atoms with van der Waals surface area (Å²) >= 11 is 0. The van der Waals surface area contributed by atoms with Crippen LogP contribution in [0.1, 0.15) is 21.5 Å². The second kappa shape index (κ2) is 7.12. The van der Waals surface area contributed by atoms with E-state index in [0.29, 0.717) is 11.1 Å². The molecule has 0 aliphatic carbocycles. The Labute approximate surface area is 140 Å². The van der Waals surface area contributed by atoms with E-state index in [4.69, 9.17) is 0 Å². The number of rotatable bonds is 5. The van der Waals surface area contributed by atoms with Gasteiger partial charge < -0.3 is 9.84 Å². The van der Waals surface area contributed by atoms with Gasteiger partial charge in [0.15, 0.2) is 0 Å². The minimum absolute atomic E-state index is 0.0135. The molecule has 0 fully saturated rings. The number of benzene rings is 1. The standard InChI is InChI=1S/C14H12N8O3/c1-25-14(24)12-3-10(4-19-21-6-15-16-7-21)2-11(13(12)23)5-20-22-8-17-18-9-22/h2-9,23H,1H3/b19-4-,20-5-. The third-order valence-corrected chi connectivity index (χ3v) is 3.05. The zero-order valence-corrected chi connectivity index (χ0v) is 13.0. The lowest BCUT2D eigenvalue weighted by atomic mass is 10.0. The van der Waals surface area contributed by atoms with Crippen LogP contribution in [0.25, 0.3) is 0 Å². The molecule has 0 saturated carbocycles. The highest BCUT2D eigenvalue weighted by atomic mass is 16.5. The van der Waals surface area contributed by atoms with Gasteiger partial charge in [0, 0.05) is 5.56 Å². The van der Waals surface area contributed by atoms with Gasteiger partial charge in [-0.3, -0.25) is 0 Å². The van der Waals surface area contributed by atoms with E-state index in [1.165, 1.54) is 60.3 Å². The SMILES string of the molecule is COC(=O)c1cc(/C=N\n2cnnc2)cc(/C=N\n2cnnc2)c1O. The Morgan fingerprint density at radius 2 is 1.60 bits per heavy atom. The van der Waals surface area contributed by atoms with Gasteiger partial charge >= 0.3 is 5.97 Å². The van der Waals surface area contributed by atoms with Crippen molar-refractivity contribution in [1.82, 2.24) is 29.7 Å². The number of carbonyl (C=O) groups excluding carboxylic acids is 1. The van der Waals surface area contributed by atoms with E-state index in [-0.39, 0.29) is 11.3 Å². The number of phenolic OH excluding ortho intramolecular Hbond substituents is 1. The first-order valence-corrected chi connectivity index (χ1v) is 6.90. The minimum atomic E-state index is -0.684. The lowest BCUT2D eigenvalue weighted by Gasteiger charge is -2.07. The first kappa shape index (κ1) is 16.0. The fourth-order valence-electron chi connectivity index (χ4n) is 1.89. The van der Waals surface area contributed by atoms with E-state index in [2.05, 4.69) is 35.3 Å². The molecule has 0 atom stereocenters. The van der Waals surface area contributed by atoms with Crippen LogP contribution in [0.5, 0.6) is 5.75 Å². The molecule has 0 aliphatic rings. The lowest BCUT2D eigenvalue weighted by molar-refractivity contribution is 0.0597. The van der Waals surface area contributed by atoms with E-state index >= 15 is 0 Å². The van der Waals surface area contributed by atoms with Crippen molar-refractivity contribution in [3.63, 3.8) is 0 Å². The van der Waals surface area contributed by atoms with Crippen LogP contribution in [-0.2, 0) is 4.74 Å². The zero-order valence-electron chi connectivity index (χ0n) is 13.0. The molecule has 0 bridgehead atoms. The molecule has 11 nitrogen and oxygen atoms in total. The molecule has 0 amide bonds. The summed E-state index contributed by atoms with van der Waals surface area (Å²) < 4.78 is 7.42. The maximum absolute atomic E-state index is 11.9. The number of hydrogen-bond acceptors (Lipinski definition) is 9. The van der Waals surface area contributed by atoms with Crippen molar-refractivity contribution < 1.29 is 14.6 Å². The van der Waals surface area contributed by atoms with Crippen LogP contribution in [0.2, 0.25) is 0 Å². The number of nitrogens with zero attached hydrogens (tertiary/aromatic N) is 8. The van der Waals surface area contributed by atoms with Gasteiger partial charge in [-0.15, -0.1) is 20.4 Å². The van der Waals surface area contributed by atoms with Gasteiger partial charge in [0.05, 0.1) is 19.5 Å². The Kier molecular flexibility index (Phi) is 4.55. The largest absolute Gasteiger partial charge is 0.506 e. The molecule has 0 saturated heterocycles. The second-order valence-electron chi connectivity index (χ2n) is 4.67. The molecule has 2 aromatic heterocycles. The highest BCUT2D eigenvalue weighted by Gasteiger charge is 2.16. The van der Waals surface area contributed by atoms with Crippen molar-refractivity contribution in [3.05, 3.63) is 54.1 Å². The fraction of sp³-hybridized carbons (Fsp3) is 0.0714. The van der Waals surface area contributed by atoms with Crippen LogP contribution in [0.15, 0.2) is 47.6 Å². The first-order chi connectivity index (χ1) is 12.2. The van der Waals surface area contributed by atoms with Crippen molar-refractivity contribution >= 4 is 18.4 Å². The number of hydrogen-bond donors (Lipinski definition) is 1. The van der Waals surface area contributed by atoms with Crippen molar-refractivity contribution in [2.75, 3.05) is 7.11 Å². The normalized spacial score (nSPS) is 11.4. The van der Waals surface area contributed by atoms with Crippen LogP contribution in [0.4, 0.5) is 0 Å². The van der Waals surface area contributed by atoms with Crippen LogP contribution in [-0.4, -0.2) is 60.4 Å². The quantitative estimate of drug-likeness (QED) is 0.515. The van der Waals surface area contributed by atoms with Gasteiger partial charge in [-0.2, -0.15) is 10.2 Å². The third kappa shape index (κ3) is 3.72. The Morgan fingerprint density at radius 1 is 1.04 bits per heavy atom. The van der Waals surface area contributed by atoms with Crippen molar-refractivity contribution in [2.45, 2.75) is 0 Å². The molecule has 2 heterocycles. The van der Waals surface area contributed by atoms with Gasteiger partial charge in [-0.1, -0.05) is 0 Å². The third-order valence-electron chi connectivity index (χ3n) is 3.05. The molecule has 1 N–H and O–H groups in total.